The molecule has 30 heavy (non-hydrogen) atoms. The van der Waals surface area contributed by atoms with Gasteiger partial charge in [-0.2, -0.15) is 0 Å². The third-order valence-electron chi connectivity index (χ3n) is 4.30. The topological polar surface area (TPSA) is 81.8 Å². The number of hydrogen-bond donors (Lipinski definition) is 2. The van der Waals surface area contributed by atoms with Gasteiger partial charge in [-0.3, -0.25) is 19.3 Å². The fourth-order valence-electron chi connectivity index (χ4n) is 2.92. The highest BCUT2D eigenvalue weighted by Crippen LogP contribution is 2.13. The van der Waals surface area contributed by atoms with Crippen molar-refractivity contribution in [1.82, 2.24) is 9.80 Å². The second-order valence-electron chi connectivity index (χ2n) is 7.02. The summed E-state index contributed by atoms with van der Waals surface area (Å²) < 4.78 is 13.3. The molecule has 8 heteroatoms. The quantitative estimate of drug-likeness (QED) is 0.661. The summed E-state index contributed by atoms with van der Waals surface area (Å²) in [5.41, 5.74) is 1.97. The van der Waals surface area contributed by atoms with Crippen molar-refractivity contribution in [3.63, 3.8) is 0 Å². The Bertz CT molecular complexity index is 886. The van der Waals surface area contributed by atoms with Crippen LogP contribution in [0.3, 0.4) is 0 Å². The van der Waals surface area contributed by atoms with Crippen molar-refractivity contribution in [3.05, 3.63) is 59.9 Å². The summed E-state index contributed by atoms with van der Waals surface area (Å²) in [4.78, 5) is 39.2. The van der Waals surface area contributed by atoms with Crippen molar-refractivity contribution in [2.45, 2.75) is 20.4 Å². The Kier molecular flexibility index (Phi) is 8.49. The van der Waals surface area contributed by atoms with Gasteiger partial charge in [0.05, 0.1) is 13.1 Å². The van der Waals surface area contributed by atoms with Crippen LogP contribution in [0.4, 0.5) is 15.8 Å². The van der Waals surface area contributed by atoms with E-state index in [-0.39, 0.29) is 36.6 Å². The largest absolute Gasteiger partial charge is 0.333 e. The molecule has 0 saturated heterocycles. The summed E-state index contributed by atoms with van der Waals surface area (Å²) in [5.74, 6) is -0.992. The fraction of sp³-hybridized carbons (Fsp3) is 0.318. The van der Waals surface area contributed by atoms with Crippen LogP contribution in [0, 0.1) is 5.82 Å². The van der Waals surface area contributed by atoms with E-state index in [1.54, 1.807) is 55.3 Å². The lowest BCUT2D eigenvalue weighted by molar-refractivity contribution is -0.135. The Morgan fingerprint density at radius 2 is 1.60 bits per heavy atom. The monoisotopic (exact) mass is 414 g/mol. The van der Waals surface area contributed by atoms with Crippen LogP contribution in [-0.4, -0.2) is 54.2 Å². The van der Waals surface area contributed by atoms with Gasteiger partial charge in [-0.05, 0) is 55.9 Å². The van der Waals surface area contributed by atoms with Gasteiger partial charge in [0, 0.05) is 31.4 Å². The van der Waals surface area contributed by atoms with Gasteiger partial charge < -0.3 is 15.5 Å². The number of amides is 3. The number of nitrogens with one attached hydrogen (secondary N) is 2. The second-order valence-corrected chi connectivity index (χ2v) is 7.02. The average Bonchev–Trinajstić information content (AvgIpc) is 2.67. The van der Waals surface area contributed by atoms with Gasteiger partial charge in [-0.25, -0.2) is 4.39 Å². The van der Waals surface area contributed by atoms with Crippen LogP contribution in [0.2, 0.25) is 0 Å². The van der Waals surface area contributed by atoms with Gasteiger partial charge in [0.1, 0.15) is 5.82 Å². The molecule has 0 unspecified atom stereocenters. The summed E-state index contributed by atoms with van der Waals surface area (Å²) in [7, 11) is 1.77. The van der Waals surface area contributed by atoms with Crippen LogP contribution in [0.25, 0.3) is 0 Å². The molecule has 7 nitrogen and oxygen atoms in total. The lowest BCUT2D eigenvalue weighted by Gasteiger charge is -2.24. The number of likely N-dealkylation sites (N-methyl/N-ethyl adjacent to an activating group) is 2. The minimum Gasteiger partial charge on any atom is -0.333 e. The zero-order valence-electron chi connectivity index (χ0n) is 17.4. The van der Waals surface area contributed by atoms with Crippen molar-refractivity contribution in [2.24, 2.45) is 0 Å². The van der Waals surface area contributed by atoms with E-state index in [0.717, 1.165) is 5.56 Å². The van der Waals surface area contributed by atoms with E-state index in [9.17, 15) is 18.8 Å². The predicted octanol–water partition coefficient (Wildman–Crippen LogP) is 2.70. The maximum absolute atomic E-state index is 13.3. The first-order valence-corrected chi connectivity index (χ1v) is 9.65. The Morgan fingerprint density at radius 3 is 2.17 bits per heavy atom. The van der Waals surface area contributed by atoms with Crippen molar-refractivity contribution in [3.8, 4) is 0 Å². The SMILES string of the molecule is CCN(CC(=O)Nc1ccc(NC(C)=O)cc1)C(=O)CN(C)Cc1cccc(F)c1. The third kappa shape index (κ3) is 7.63. The van der Waals surface area contributed by atoms with E-state index < -0.39 is 0 Å². The lowest BCUT2D eigenvalue weighted by atomic mass is 10.2. The normalized spacial score (nSPS) is 10.6. The zero-order chi connectivity index (χ0) is 22.1. The second kappa shape index (κ2) is 11.1. The first kappa shape index (κ1) is 23.0. The summed E-state index contributed by atoms with van der Waals surface area (Å²) >= 11 is 0. The number of anilines is 2. The van der Waals surface area contributed by atoms with Gasteiger partial charge in [-0.1, -0.05) is 12.1 Å². The van der Waals surface area contributed by atoms with Crippen LogP contribution in [-0.2, 0) is 20.9 Å². The molecule has 2 N–H and O–H groups in total. The number of benzene rings is 2. The Balaban J connectivity index is 1.86. The van der Waals surface area contributed by atoms with Crippen LogP contribution in [0.5, 0.6) is 0 Å². The molecule has 3 amide bonds. The fourth-order valence-corrected chi connectivity index (χ4v) is 2.92. The van der Waals surface area contributed by atoms with E-state index in [2.05, 4.69) is 10.6 Å². The zero-order valence-corrected chi connectivity index (χ0v) is 17.4. The van der Waals surface area contributed by atoms with E-state index in [1.807, 2.05) is 0 Å². The molecule has 0 aliphatic heterocycles. The minimum absolute atomic E-state index is 0.0728. The maximum atomic E-state index is 13.3. The molecule has 160 valence electrons. The van der Waals surface area contributed by atoms with Crippen molar-refractivity contribution < 1.29 is 18.8 Å². The molecule has 0 aliphatic carbocycles. The van der Waals surface area contributed by atoms with Crippen molar-refractivity contribution in [1.29, 1.82) is 0 Å². The van der Waals surface area contributed by atoms with E-state index in [4.69, 9.17) is 0 Å². The maximum Gasteiger partial charge on any atom is 0.243 e. The van der Waals surface area contributed by atoms with Gasteiger partial charge in [0.2, 0.25) is 17.7 Å². The number of halogens is 1. The number of hydrogen-bond acceptors (Lipinski definition) is 4. The molecule has 0 radical (unpaired) electrons. The van der Waals surface area contributed by atoms with Crippen LogP contribution < -0.4 is 10.6 Å². The molecule has 0 heterocycles. The molecule has 0 bridgehead atoms. The van der Waals surface area contributed by atoms with Crippen LogP contribution >= 0.6 is 0 Å². The smallest absolute Gasteiger partial charge is 0.243 e. The summed E-state index contributed by atoms with van der Waals surface area (Å²) in [5, 5.41) is 5.39. The molecule has 0 aromatic heterocycles. The Hall–Kier alpha value is -3.26. The molecule has 0 atom stereocenters. The molecule has 2 aromatic carbocycles. The van der Waals surface area contributed by atoms with E-state index in [0.29, 0.717) is 24.5 Å². The predicted molar refractivity (Wildman–Crippen MR) is 114 cm³/mol. The number of rotatable bonds is 9. The van der Waals surface area contributed by atoms with Gasteiger partial charge >= 0.3 is 0 Å². The number of carbonyl (C=O) groups excluding carboxylic acids is 3. The molecule has 2 aromatic rings. The summed E-state index contributed by atoms with van der Waals surface area (Å²) in [6.45, 7) is 4.08. The first-order chi connectivity index (χ1) is 14.3. The summed E-state index contributed by atoms with van der Waals surface area (Å²) in [6, 6.07) is 12.9. The van der Waals surface area contributed by atoms with E-state index in [1.165, 1.54) is 24.0 Å². The molecule has 0 aliphatic rings. The molecular weight excluding hydrogens is 387 g/mol. The van der Waals surface area contributed by atoms with Crippen molar-refractivity contribution >= 4 is 29.1 Å². The lowest BCUT2D eigenvalue weighted by Crippen LogP contribution is -2.42. The van der Waals surface area contributed by atoms with Gasteiger partial charge in [0.15, 0.2) is 0 Å². The number of nitrogens with zero attached hydrogens (tertiary/aromatic N) is 2. The Morgan fingerprint density at radius 1 is 0.967 bits per heavy atom. The number of carbonyl (C=O) groups is 3. The highest BCUT2D eigenvalue weighted by molar-refractivity contribution is 5.95. The van der Waals surface area contributed by atoms with Gasteiger partial charge in [-0.15, -0.1) is 0 Å². The molecule has 0 saturated carbocycles. The molecule has 2 rings (SSSR count). The van der Waals surface area contributed by atoms with Crippen LogP contribution in [0.1, 0.15) is 19.4 Å². The highest BCUT2D eigenvalue weighted by Gasteiger charge is 2.17. The van der Waals surface area contributed by atoms with Crippen molar-refractivity contribution in [2.75, 3.05) is 37.3 Å². The minimum atomic E-state index is -0.316. The highest BCUT2D eigenvalue weighted by atomic mass is 19.1. The first-order valence-electron chi connectivity index (χ1n) is 9.65. The molecular formula is C22H27FN4O3. The molecule has 0 spiro atoms. The molecule has 0 fully saturated rings. The Labute approximate surface area is 175 Å². The van der Waals surface area contributed by atoms with Crippen LogP contribution in [0.15, 0.2) is 48.5 Å². The third-order valence-corrected chi connectivity index (χ3v) is 4.30. The van der Waals surface area contributed by atoms with E-state index >= 15 is 0 Å². The standard InChI is InChI=1S/C22H27FN4O3/c1-4-27(22(30)15-26(3)13-17-6-5-7-18(23)12-17)14-21(29)25-20-10-8-19(9-11-20)24-16(2)28/h5-12H,4,13-15H2,1-3H3,(H,24,28)(H,25,29). The van der Waals surface area contributed by atoms with Gasteiger partial charge in [0.25, 0.3) is 0 Å². The average molecular weight is 414 g/mol. The summed E-state index contributed by atoms with van der Waals surface area (Å²) in [6.07, 6.45) is 0.